The number of fused-ring (bicyclic) bond motifs is 1. The molecule has 1 aromatic heterocycles. The maximum absolute atomic E-state index is 11.7. The number of hydrogen-bond acceptors (Lipinski definition) is 3. The van der Waals surface area contributed by atoms with Crippen LogP contribution in [-0.4, -0.2) is 18.4 Å². The Balaban J connectivity index is 2.26. The van der Waals surface area contributed by atoms with Crippen molar-refractivity contribution in [3.05, 3.63) is 35.2 Å². The summed E-state index contributed by atoms with van der Waals surface area (Å²) in [4.78, 5) is 22.3. The molecule has 2 rings (SSSR count). The fraction of sp³-hybridized carbons (Fsp3) is 0.0909. The van der Waals surface area contributed by atoms with Crippen LogP contribution in [0.2, 0.25) is 0 Å². The highest BCUT2D eigenvalue weighted by molar-refractivity contribution is 7.17. The topological polar surface area (TPSA) is 72.2 Å². The van der Waals surface area contributed by atoms with Crippen molar-refractivity contribution in [3.8, 4) is 0 Å². The van der Waals surface area contributed by atoms with Crippen LogP contribution in [0.1, 0.15) is 10.4 Å². The SMILES string of the molecule is NC(=O)CNC(=O)c1csc2ccccc12. The lowest BCUT2D eigenvalue weighted by Gasteiger charge is -2.00. The molecular weight excluding hydrogens is 224 g/mol. The molecule has 82 valence electrons. The molecule has 16 heavy (non-hydrogen) atoms. The van der Waals surface area contributed by atoms with E-state index in [4.69, 9.17) is 5.73 Å². The van der Waals surface area contributed by atoms with Crippen LogP contribution >= 0.6 is 11.3 Å². The van der Waals surface area contributed by atoms with Crippen LogP contribution in [0.3, 0.4) is 0 Å². The molecule has 2 amide bonds. The number of nitrogens with two attached hydrogens (primary N) is 1. The molecule has 0 atom stereocenters. The number of carbonyl (C=O) groups is 2. The zero-order valence-corrected chi connectivity index (χ0v) is 9.21. The van der Waals surface area contributed by atoms with E-state index in [0.717, 1.165) is 10.1 Å². The first-order valence-corrected chi connectivity index (χ1v) is 5.59. The van der Waals surface area contributed by atoms with E-state index in [-0.39, 0.29) is 12.5 Å². The van der Waals surface area contributed by atoms with Crippen molar-refractivity contribution in [2.24, 2.45) is 5.73 Å². The molecule has 0 aliphatic carbocycles. The third-order valence-electron chi connectivity index (χ3n) is 2.15. The molecule has 1 aromatic carbocycles. The first-order chi connectivity index (χ1) is 7.68. The molecule has 0 spiro atoms. The molecule has 5 heteroatoms. The van der Waals surface area contributed by atoms with Crippen molar-refractivity contribution >= 4 is 33.2 Å². The van der Waals surface area contributed by atoms with Gasteiger partial charge in [-0.25, -0.2) is 0 Å². The molecule has 0 unspecified atom stereocenters. The van der Waals surface area contributed by atoms with Gasteiger partial charge in [0.05, 0.1) is 12.1 Å². The maximum atomic E-state index is 11.7. The second-order valence-electron chi connectivity index (χ2n) is 3.29. The van der Waals surface area contributed by atoms with Crippen LogP contribution in [0.5, 0.6) is 0 Å². The molecule has 0 bridgehead atoms. The number of primary amides is 1. The molecule has 1 heterocycles. The Morgan fingerprint density at radius 2 is 2.06 bits per heavy atom. The van der Waals surface area contributed by atoms with E-state index in [1.165, 1.54) is 11.3 Å². The molecule has 4 nitrogen and oxygen atoms in total. The zero-order valence-electron chi connectivity index (χ0n) is 8.40. The third-order valence-corrected chi connectivity index (χ3v) is 3.11. The summed E-state index contributed by atoms with van der Waals surface area (Å²) in [6.45, 7) is -0.136. The molecule has 0 fully saturated rings. The summed E-state index contributed by atoms with van der Waals surface area (Å²) in [5.41, 5.74) is 5.54. The van der Waals surface area contributed by atoms with Gasteiger partial charge in [-0.2, -0.15) is 0 Å². The Labute approximate surface area is 96.1 Å². The fourth-order valence-electron chi connectivity index (χ4n) is 1.42. The van der Waals surface area contributed by atoms with Gasteiger partial charge in [-0.05, 0) is 6.07 Å². The minimum atomic E-state index is -0.548. The van der Waals surface area contributed by atoms with E-state index in [0.29, 0.717) is 5.56 Å². The van der Waals surface area contributed by atoms with Gasteiger partial charge in [0, 0.05) is 15.5 Å². The van der Waals surface area contributed by atoms with Crippen molar-refractivity contribution < 1.29 is 9.59 Å². The predicted molar refractivity (Wildman–Crippen MR) is 63.4 cm³/mol. The Morgan fingerprint density at radius 1 is 1.31 bits per heavy atom. The Hall–Kier alpha value is -1.88. The molecule has 3 N–H and O–H groups in total. The van der Waals surface area contributed by atoms with Gasteiger partial charge < -0.3 is 11.1 Å². The second-order valence-corrected chi connectivity index (χ2v) is 4.21. The van der Waals surface area contributed by atoms with Crippen molar-refractivity contribution in [2.45, 2.75) is 0 Å². The number of carbonyl (C=O) groups excluding carboxylic acids is 2. The summed E-state index contributed by atoms with van der Waals surface area (Å²) in [6, 6.07) is 7.62. The molecule has 0 aliphatic heterocycles. The number of rotatable bonds is 3. The molecule has 0 radical (unpaired) electrons. The summed E-state index contributed by atoms with van der Waals surface area (Å²) in [7, 11) is 0. The largest absolute Gasteiger partial charge is 0.368 e. The van der Waals surface area contributed by atoms with Crippen LogP contribution in [0.25, 0.3) is 10.1 Å². The highest BCUT2D eigenvalue weighted by atomic mass is 32.1. The Morgan fingerprint density at radius 3 is 2.81 bits per heavy atom. The lowest BCUT2D eigenvalue weighted by atomic mass is 10.1. The van der Waals surface area contributed by atoms with Crippen LogP contribution in [0.4, 0.5) is 0 Å². The Bertz CT molecular complexity index is 548. The van der Waals surface area contributed by atoms with Crippen LogP contribution < -0.4 is 11.1 Å². The first-order valence-electron chi connectivity index (χ1n) is 4.71. The number of thiophene rings is 1. The van der Waals surface area contributed by atoms with E-state index in [2.05, 4.69) is 5.32 Å². The van der Waals surface area contributed by atoms with Crippen molar-refractivity contribution in [3.63, 3.8) is 0 Å². The Kier molecular flexibility index (Phi) is 2.87. The highest BCUT2D eigenvalue weighted by Crippen LogP contribution is 2.25. The van der Waals surface area contributed by atoms with Gasteiger partial charge in [0.2, 0.25) is 5.91 Å². The number of benzene rings is 1. The average molecular weight is 234 g/mol. The minimum Gasteiger partial charge on any atom is -0.368 e. The van der Waals surface area contributed by atoms with Crippen molar-refractivity contribution in [1.82, 2.24) is 5.32 Å². The van der Waals surface area contributed by atoms with Crippen LogP contribution in [0.15, 0.2) is 29.6 Å². The van der Waals surface area contributed by atoms with Gasteiger partial charge in [0.25, 0.3) is 5.91 Å². The lowest BCUT2D eigenvalue weighted by molar-refractivity contribution is -0.117. The van der Waals surface area contributed by atoms with E-state index in [1.807, 2.05) is 24.3 Å². The van der Waals surface area contributed by atoms with Gasteiger partial charge >= 0.3 is 0 Å². The molecule has 0 saturated heterocycles. The van der Waals surface area contributed by atoms with Gasteiger partial charge in [0.1, 0.15) is 0 Å². The maximum Gasteiger partial charge on any atom is 0.253 e. The van der Waals surface area contributed by atoms with Gasteiger partial charge in [-0.3, -0.25) is 9.59 Å². The predicted octanol–water partition coefficient (Wildman–Crippen LogP) is 1.12. The summed E-state index contributed by atoms with van der Waals surface area (Å²) in [5.74, 6) is -0.816. The zero-order chi connectivity index (χ0) is 11.5. The third kappa shape index (κ3) is 2.04. The van der Waals surface area contributed by atoms with Crippen LogP contribution in [-0.2, 0) is 4.79 Å². The highest BCUT2D eigenvalue weighted by Gasteiger charge is 2.11. The molecule has 0 saturated carbocycles. The van der Waals surface area contributed by atoms with Crippen molar-refractivity contribution in [1.29, 1.82) is 0 Å². The first kappa shape index (κ1) is 10.6. The van der Waals surface area contributed by atoms with Crippen molar-refractivity contribution in [2.75, 3.05) is 6.54 Å². The standard InChI is InChI=1S/C11H10N2O2S/c12-10(14)5-13-11(15)8-6-16-9-4-2-1-3-7(8)9/h1-4,6H,5H2,(H2,12,14)(H,13,15). The molecule has 2 aromatic rings. The average Bonchev–Trinajstić information content (AvgIpc) is 2.69. The molecule has 0 aliphatic rings. The van der Waals surface area contributed by atoms with Gasteiger partial charge in [-0.15, -0.1) is 11.3 Å². The van der Waals surface area contributed by atoms with E-state index in [9.17, 15) is 9.59 Å². The number of hydrogen-bond donors (Lipinski definition) is 2. The van der Waals surface area contributed by atoms with Gasteiger partial charge in [-0.1, -0.05) is 18.2 Å². The fourth-order valence-corrected chi connectivity index (χ4v) is 2.36. The quantitative estimate of drug-likeness (QED) is 0.835. The van der Waals surface area contributed by atoms with E-state index >= 15 is 0 Å². The monoisotopic (exact) mass is 234 g/mol. The summed E-state index contributed by atoms with van der Waals surface area (Å²) < 4.78 is 1.05. The molecular formula is C11H10N2O2S. The number of nitrogens with one attached hydrogen (secondary N) is 1. The summed E-state index contributed by atoms with van der Waals surface area (Å²) >= 11 is 1.50. The summed E-state index contributed by atoms with van der Waals surface area (Å²) in [5, 5.41) is 5.15. The lowest BCUT2D eigenvalue weighted by Crippen LogP contribution is -2.33. The second kappa shape index (κ2) is 4.32. The summed E-state index contributed by atoms with van der Waals surface area (Å²) in [6.07, 6.45) is 0. The van der Waals surface area contributed by atoms with E-state index in [1.54, 1.807) is 5.38 Å². The van der Waals surface area contributed by atoms with Gasteiger partial charge in [0.15, 0.2) is 0 Å². The minimum absolute atomic E-state index is 0.136. The smallest absolute Gasteiger partial charge is 0.253 e. The van der Waals surface area contributed by atoms with Crippen LogP contribution in [0, 0.1) is 0 Å². The number of amides is 2. The normalized spacial score (nSPS) is 10.2. The van der Waals surface area contributed by atoms with E-state index < -0.39 is 5.91 Å².